The minimum Gasteiger partial charge on any atom is -0.494 e. The third kappa shape index (κ3) is 6.11. The van der Waals surface area contributed by atoms with Gasteiger partial charge in [-0.2, -0.15) is 0 Å². The van der Waals surface area contributed by atoms with E-state index >= 15 is 0 Å². The minimum atomic E-state index is -0.738. The van der Waals surface area contributed by atoms with Gasteiger partial charge in [-0.1, -0.05) is 30.3 Å². The zero-order chi connectivity index (χ0) is 24.7. The minimum absolute atomic E-state index is 0.121. The number of aliphatic hydroxyl groups excluding tert-OH is 1. The van der Waals surface area contributed by atoms with Gasteiger partial charge in [0.15, 0.2) is 0 Å². The highest BCUT2D eigenvalue weighted by atomic mass is 16.5. The van der Waals surface area contributed by atoms with Crippen LogP contribution in [0.5, 0.6) is 5.75 Å². The summed E-state index contributed by atoms with van der Waals surface area (Å²) in [5.41, 5.74) is 4.50. The number of hydrogen-bond acceptors (Lipinski definition) is 5. The molecule has 1 fully saturated rings. The van der Waals surface area contributed by atoms with Crippen LogP contribution >= 0.6 is 0 Å². The molecule has 180 valence electrons. The van der Waals surface area contributed by atoms with Gasteiger partial charge in [-0.05, 0) is 62.6 Å². The lowest BCUT2D eigenvalue weighted by Gasteiger charge is -2.24. The molecule has 0 radical (unpaired) electrons. The van der Waals surface area contributed by atoms with Crippen molar-refractivity contribution in [2.45, 2.75) is 52.8 Å². The highest BCUT2D eigenvalue weighted by Crippen LogP contribution is 2.23. The first kappa shape index (κ1) is 25.2. The molecule has 3 rings (SSSR count). The Kier molecular flexibility index (Phi) is 8.60. The summed E-state index contributed by atoms with van der Waals surface area (Å²) < 4.78 is 5.48. The lowest BCUT2D eigenvalue weighted by molar-refractivity contribution is -0.125. The van der Waals surface area contributed by atoms with Crippen molar-refractivity contribution in [2.24, 2.45) is 4.99 Å². The van der Waals surface area contributed by atoms with Crippen LogP contribution in [0.25, 0.3) is 5.57 Å². The molecule has 0 spiro atoms. The lowest BCUT2D eigenvalue weighted by atomic mass is 10.0. The monoisotopic (exact) mass is 463 g/mol. The molecule has 2 aromatic carbocycles. The number of carbonyl (C=O) groups is 2. The molecule has 0 saturated carbocycles. The fourth-order valence-corrected chi connectivity index (χ4v) is 4.02. The van der Waals surface area contributed by atoms with Crippen LogP contribution in [0.2, 0.25) is 0 Å². The summed E-state index contributed by atoms with van der Waals surface area (Å²) in [6.45, 7) is 8.71. The number of rotatable bonds is 8. The van der Waals surface area contributed by atoms with Gasteiger partial charge in [0, 0.05) is 37.0 Å². The molecule has 2 atom stereocenters. The van der Waals surface area contributed by atoms with Crippen LogP contribution in [-0.2, 0) is 11.3 Å². The van der Waals surface area contributed by atoms with E-state index in [1.807, 2.05) is 52.0 Å². The summed E-state index contributed by atoms with van der Waals surface area (Å²) in [5, 5.41) is 13.1. The van der Waals surface area contributed by atoms with Crippen LogP contribution in [0, 0.1) is 0 Å². The molecule has 7 heteroatoms. The first-order valence-electron chi connectivity index (χ1n) is 11.6. The van der Waals surface area contributed by atoms with Crippen LogP contribution in [-0.4, -0.2) is 53.3 Å². The molecule has 1 saturated heterocycles. The molecule has 2 N–H and O–H groups in total. The fourth-order valence-electron chi connectivity index (χ4n) is 4.02. The molecule has 1 heterocycles. The van der Waals surface area contributed by atoms with Crippen LogP contribution in [0.4, 0.5) is 0 Å². The Hall–Kier alpha value is -3.45. The number of nitrogens with one attached hydrogen (secondary N) is 1. The molecule has 0 unspecified atom stereocenters. The molecule has 0 bridgehead atoms. The van der Waals surface area contributed by atoms with E-state index in [1.165, 1.54) is 4.90 Å². The number of carbonyl (C=O) groups excluding carboxylic acids is 2. The number of allylic oxidation sites excluding steroid dienone is 2. The van der Waals surface area contributed by atoms with Crippen molar-refractivity contribution in [3.8, 4) is 5.75 Å². The second-order valence-corrected chi connectivity index (χ2v) is 8.34. The molecular formula is C27H33N3O4. The SMILES string of the molecule is CC=N/C(C)=C(\C)c1ccc(CNC(=O)[C@@H]2C[C@@H](O)CN2C(=O)c2cccc(OCC)c2)cc1. The zero-order valence-electron chi connectivity index (χ0n) is 20.2. The summed E-state index contributed by atoms with van der Waals surface area (Å²) in [6.07, 6.45) is 1.24. The predicted octanol–water partition coefficient (Wildman–Crippen LogP) is 3.82. The van der Waals surface area contributed by atoms with Crippen molar-refractivity contribution >= 4 is 23.6 Å². The van der Waals surface area contributed by atoms with Gasteiger partial charge in [0.2, 0.25) is 5.91 Å². The van der Waals surface area contributed by atoms with Crippen LogP contribution in [0.15, 0.2) is 59.2 Å². The smallest absolute Gasteiger partial charge is 0.254 e. The van der Waals surface area contributed by atoms with Crippen molar-refractivity contribution in [1.29, 1.82) is 0 Å². The number of hydrogen-bond donors (Lipinski definition) is 2. The second-order valence-electron chi connectivity index (χ2n) is 8.34. The quantitative estimate of drug-likeness (QED) is 0.583. The van der Waals surface area contributed by atoms with E-state index in [-0.39, 0.29) is 24.8 Å². The summed E-state index contributed by atoms with van der Waals surface area (Å²) in [4.78, 5) is 31.8. The van der Waals surface area contributed by atoms with E-state index in [4.69, 9.17) is 4.74 Å². The van der Waals surface area contributed by atoms with E-state index in [0.717, 1.165) is 22.4 Å². The maximum absolute atomic E-state index is 13.1. The molecule has 2 aromatic rings. The third-order valence-electron chi connectivity index (χ3n) is 5.95. The number of amides is 2. The predicted molar refractivity (Wildman–Crippen MR) is 134 cm³/mol. The van der Waals surface area contributed by atoms with Crippen molar-refractivity contribution in [1.82, 2.24) is 10.2 Å². The van der Waals surface area contributed by atoms with E-state index in [0.29, 0.717) is 24.5 Å². The van der Waals surface area contributed by atoms with Gasteiger partial charge >= 0.3 is 0 Å². The Bertz CT molecular complexity index is 1080. The van der Waals surface area contributed by atoms with Crippen LogP contribution in [0.3, 0.4) is 0 Å². The van der Waals surface area contributed by atoms with Gasteiger partial charge in [-0.15, -0.1) is 0 Å². The Morgan fingerprint density at radius 1 is 1.18 bits per heavy atom. The van der Waals surface area contributed by atoms with Gasteiger partial charge in [0.05, 0.1) is 12.7 Å². The molecule has 0 aliphatic carbocycles. The Morgan fingerprint density at radius 2 is 1.91 bits per heavy atom. The summed E-state index contributed by atoms with van der Waals surface area (Å²) in [6, 6.07) is 14.1. The van der Waals surface area contributed by atoms with Crippen molar-refractivity contribution in [2.75, 3.05) is 13.2 Å². The summed E-state index contributed by atoms with van der Waals surface area (Å²) >= 11 is 0. The number of nitrogens with zero attached hydrogens (tertiary/aromatic N) is 2. The van der Waals surface area contributed by atoms with Gasteiger partial charge < -0.3 is 20.1 Å². The number of likely N-dealkylation sites (tertiary alicyclic amines) is 1. The van der Waals surface area contributed by atoms with Gasteiger partial charge in [0.25, 0.3) is 5.91 Å². The molecule has 7 nitrogen and oxygen atoms in total. The number of β-amino-alcohol motifs (C(OH)–C–C–N with tert-alkyl or cyclic N) is 1. The van der Waals surface area contributed by atoms with E-state index in [1.54, 1.807) is 30.5 Å². The second kappa shape index (κ2) is 11.6. The van der Waals surface area contributed by atoms with Crippen LogP contribution in [0.1, 0.15) is 55.6 Å². The normalized spacial score (nSPS) is 18.7. The van der Waals surface area contributed by atoms with E-state index in [9.17, 15) is 14.7 Å². The van der Waals surface area contributed by atoms with Gasteiger partial charge in [0.1, 0.15) is 11.8 Å². The Balaban J connectivity index is 1.66. The fraction of sp³-hybridized carbons (Fsp3) is 0.370. The van der Waals surface area contributed by atoms with Gasteiger partial charge in [-0.25, -0.2) is 0 Å². The molecular weight excluding hydrogens is 430 g/mol. The maximum atomic E-state index is 13.1. The average molecular weight is 464 g/mol. The number of ether oxygens (including phenoxy) is 1. The Morgan fingerprint density at radius 3 is 2.59 bits per heavy atom. The average Bonchev–Trinajstić information content (AvgIpc) is 3.24. The molecule has 0 aromatic heterocycles. The zero-order valence-corrected chi connectivity index (χ0v) is 20.2. The molecule has 2 amide bonds. The third-order valence-corrected chi connectivity index (χ3v) is 5.95. The van der Waals surface area contributed by atoms with E-state index in [2.05, 4.69) is 10.3 Å². The lowest BCUT2D eigenvalue weighted by Crippen LogP contribution is -2.45. The maximum Gasteiger partial charge on any atom is 0.254 e. The summed E-state index contributed by atoms with van der Waals surface area (Å²) in [5.74, 6) is 0.0217. The Labute approximate surface area is 201 Å². The number of aliphatic hydroxyl groups is 1. The molecule has 1 aliphatic heterocycles. The van der Waals surface area contributed by atoms with Gasteiger partial charge in [-0.3, -0.25) is 14.6 Å². The largest absolute Gasteiger partial charge is 0.494 e. The standard InChI is InChI=1S/C27H33N3O4/c1-5-28-19(4)18(3)21-12-10-20(11-13-21)16-29-26(32)25-15-23(31)17-30(25)27(33)22-8-7-9-24(14-22)34-6-2/h5,7-14,23,25,31H,6,15-17H2,1-4H3,(H,29,32)/b19-18+,28-5?/t23-,25+/m1/s1. The first-order valence-corrected chi connectivity index (χ1v) is 11.6. The molecule has 34 heavy (non-hydrogen) atoms. The first-order chi connectivity index (χ1) is 16.3. The van der Waals surface area contributed by atoms with Crippen molar-refractivity contribution in [3.05, 3.63) is 70.9 Å². The van der Waals surface area contributed by atoms with E-state index < -0.39 is 12.1 Å². The number of aliphatic imine (C=N–C) groups is 1. The highest BCUT2D eigenvalue weighted by molar-refractivity contribution is 5.98. The number of benzene rings is 2. The van der Waals surface area contributed by atoms with Crippen molar-refractivity contribution < 1.29 is 19.4 Å². The van der Waals surface area contributed by atoms with Crippen LogP contribution < -0.4 is 10.1 Å². The highest BCUT2D eigenvalue weighted by Gasteiger charge is 2.39. The van der Waals surface area contributed by atoms with Crippen molar-refractivity contribution in [3.63, 3.8) is 0 Å². The topological polar surface area (TPSA) is 91.2 Å². The molecule has 1 aliphatic rings. The summed E-state index contributed by atoms with van der Waals surface area (Å²) in [7, 11) is 0.